The van der Waals surface area contributed by atoms with E-state index in [0.717, 1.165) is 23.0 Å². The zero-order chi connectivity index (χ0) is 14.7. The average molecular weight is 276 g/mol. The van der Waals surface area contributed by atoms with Crippen LogP contribution in [0.15, 0.2) is 66.9 Å². The third kappa shape index (κ3) is 2.87. The van der Waals surface area contributed by atoms with Gasteiger partial charge in [0.25, 0.3) is 0 Å². The fraction of sp³-hybridized carbons (Fsp3) is 0.0556. The lowest BCUT2D eigenvalue weighted by Crippen LogP contribution is -2.05. The molecule has 2 aromatic carbocycles. The average Bonchev–Trinajstić information content (AvgIpc) is 2.85. The highest BCUT2D eigenvalue weighted by Crippen LogP contribution is 2.23. The highest BCUT2D eigenvalue weighted by atomic mass is 16.1. The van der Waals surface area contributed by atoms with Crippen LogP contribution in [-0.2, 0) is 11.3 Å². The molecule has 1 heterocycles. The van der Waals surface area contributed by atoms with Gasteiger partial charge in [-0.1, -0.05) is 48.5 Å². The van der Waals surface area contributed by atoms with Gasteiger partial charge in [-0.3, -0.25) is 4.79 Å². The zero-order valence-electron chi connectivity index (χ0n) is 11.6. The smallest absolute Gasteiger partial charge is 0.241 e. The summed E-state index contributed by atoms with van der Waals surface area (Å²) in [5, 5.41) is 1.12. The molecule has 2 N–H and O–H groups in total. The third-order valence-electron chi connectivity index (χ3n) is 3.44. The number of carbonyl (C=O) groups is 1. The Labute approximate surface area is 123 Å². The summed E-state index contributed by atoms with van der Waals surface area (Å²) in [7, 11) is 0. The molecule has 1 amide bonds. The number of carbonyl (C=O) groups excluding carboxylic acids is 1. The molecule has 104 valence electrons. The van der Waals surface area contributed by atoms with Gasteiger partial charge in [-0.15, -0.1) is 0 Å². The molecule has 3 nitrogen and oxygen atoms in total. The van der Waals surface area contributed by atoms with Gasteiger partial charge in [0.05, 0.1) is 0 Å². The van der Waals surface area contributed by atoms with Crippen LogP contribution in [0.2, 0.25) is 0 Å². The first-order valence-corrected chi connectivity index (χ1v) is 6.83. The minimum absolute atomic E-state index is 0.435. The number of benzene rings is 2. The van der Waals surface area contributed by atoms with Crippen LogP contribution < -0.4 is 5.73 Å². The Morgan fingerprint density at radius 2 is 1.76 bits per heavy atom. The summed E-state index contributed by atoms with van der Waals surface area (Å²) in [4.78, 5) is 10.9. The van der Waals surface area contributed by atoms with Gasteiger partial charge in [-0.2, -0.15) is 0 Å². The van der Waals surface area contributed by atoms with Gasteiger partial charge in [0.1, 0.15) is 0 Å². The van der Waals surface area contributed by atoms with E-state index in [0.29, 0.717) is 0 Å². The SMILES string of the molecule is NC(=O)/C=C\c1cn(Cc2ccccc2)c2ccccc12. The Balaban J connectivity index is 2.05. The van der Waals surface area contributed by atoms with Crippen molar-refractivity contribution in [3.63, 3.8) is 0 Å². The van der Waals surface area contributed by atoms with Crippen LogP contribution in [0, 0.1) is 0 Å². The maximum Gasteiger partial charge on any atom is 0.241 e. The summed E-state index contributed by atoms with van der Waals surface area (Å²) in [6.07, 6.45) is 5.22. The van der Waals surface area contributed by atoms with Gasteiger partial charge < -0.3 is 10.3 Å². The van der Waals surface area contributed by atoms with Crippen molar-refractivity contribution in [1.82, 2.24) is 4.57 Å². The highest BCUT2D eigenvalue weighted by Gasteiger charge is 2.06. The number of rotatable bonds is 4. The van der Waals surface area contributed by atoms with Crippen LogP contribution in [0.25, 0.3) is 17.0 Å². The molecule has 0 atom stereocenters. The van der Waals surface area contributed by atoms with Crippen molar-refractivity contribution in [2.75, 3.05) is 0 Å². The number of nitrogens with zero attached hydrogens (tertiary/aromatic N) is 1. The molecule has 0 bridgehead atoms. The van der Waals surface area contributed by atoms with Crippen molar-refractivity contribution in [2.24, 2.45) is 5.73 Å². The first kappa shape index (κ1) is 13.2. The molecule has 21 heavy (non-hydrogen) atoms. The van der Waals surface area contributed by atoms with E-state index in [1.165, 1.54) is 11.6 Å². The number of hydrogen-bond donors (Lipinski definition) is 1. The van der Waals surface area contributed by atoms with E-state index < -0.39 is 5.91 Å². The predicted molar refractivity (Wildman–Crippen MR) is 85.7 cm³/mol. The van der Waals surface area contributed by atoms with Crippen molar-refractivity contribution in [2.45, 2.75) is 6.54 Å². The van der Waals surface area contributed by atoms with Crippen LogP contribution in [0.4, 0.5) is 0 Å². The number of amides is 1. The van der Waals surface area contributed by atoms with E-state index in [-0.39, 0.29) is 0 Å². The van der Waals surface area contributed by atoms with Crippen LogP contribution >= 0.6 is 0 Å². The summed E-state index contributed by atoms with van der Waals surface area (Å²) in [6, 6.07) is 18.4. The summed E-state index contributed by atoms with van der Waals surface area (Å²) < 4.78 is 2.19. The van der Waals surface area contributed by atoms with Crippen LogP contribution in [0.5, 0.6) is 0 Å². The Kier molecular flexibility index (Phi) is 3.56. The second kappa shape index (κ2) is 5.67. The number of hydrogen-bond acceptors (Lipinski definition) is 1. The Morgan fingerprint density at radius 3 is 2.52 bits per heavy atom. The quantitative estimate of drug-likeness (QED) is 0.731. The Hall–Kier alpha value is -2.81. The summed E-state index contributed by atoms with van der Waals surface area (Å²) in [5.41, 5.74) is 8.57. The van der Waals surface area contributed by atoms with Crippen LogP contribution in [0.3, 0.4) is 0 Å². The third-order valence-corrected chi connectivity index (χ3v) is 3.44. The van der Waals surface area contributed by atoms with Crippen molar-refractivity contribution < 1.29 is 4.79 Å². The van der Waals surface area contributed by atoms with E-state index in [1.54, 1.807) is 6.08 Å². The molecule has 0 aliphatic heterocycles. The van der Waals surface area contributed by atoms with Gasteiger partial charge in [0.2, 0.25) is 5.91 Å². The van der Waals surface area contributed by atoms with Gasteiger partial charge in [0.15, 0.2) is 0 Å². The molecule has 0 aliphatic rings. The molecule has 0 saturated heterocycles. The van der Waals surface area contributed by atoms with E-state index in [2.05, 4.69) is 35.0 Å². The maximum absolute atomic E-state index is 10.9. The van der Waals surface area contributed by atoms with Crippen LogP contribution in [0.1, 0.15) is 11.1 Å². The van der Waals surface area contributed by atoms with Gasteiger partial charge in [-0.25, -0.2) is 0 Å². The minimum Gasteiger partial charge on any atom is -0.366 e. The lowest BCUT2D eigenvalue weighted by atomic mass is 10.1. The maximum atomic E-state index is 10.9. The number of fused-ring (bicyclic) bond motifs is 1. The van der Waals surface area contributed by atoms with Crippen molar-refractivity contribution in [3.05, 3.63) is 78.0 Å². The summed E-state index contributed by atoms with van der Waals surface area (Å²) in [5.74, 6) is -0.435. The van der Waals surface area contributed by atoms with Crippen molar-refractivity contribution >= 4 is 22.9 Å². The second-order valence-corrected chi connectivity index (χ2v) is 4.95. The fourth-order valence-corrected chi connectivity index (χ4v) is 2.49. The normalized spacial score (nSPS) is 11.2. The topological polar surface area (TPSA) is 48.0 Å². The monoisotopic (exact) mass is 276 g/mol. The van der Waals surface area contributed by atoms with E-state index in [1.807, 2.05) is 30.3 Å². The fourth-order valence-electron chi connectivity index (χ4n) is 2.49. The summed E-state index contributed by atoms with van der Waals surface area (Å²) in [6.45, 7) is 0.797. The van der Waals surface area contributed by atoms with Gasteiger partial charge in [-0.05, 0) is 17.7 Å². The minimum atomic E-state index is -0.435. The standard InChI is InChI=1S/C18H16N2O/c19-18(21)11-10-15-13-20(12-14-6-2-1-3-7-14)17-9-5-4-8-16(15)17/h1-11,13H,12H2,(H2,19,21)/b11-10-. The molecule has 0 saturated carbocycles. The first-order chi connectivity index (χ1) is 10.2. The lowest BCUT2D eigenvalue weighted by Gasteiger charge is -2.05. The van der Waals surface area contributed by atoms with Gasteiger partial charge in [0, 0.05) is 35.3 Å². The summed E-state index contributed by atoms with van der Waals surface area (Å²) >= 11 is 0. The number of aromatic nitrogens is 1. The second-order valence-electron chi connectivity index (χ2n) is 4.95. The Morgan fingerprint density at radius 1 is 1.05 bits per heavy atom. The van der Waals surface area contributed by atoms with Crippen molar-refractivity contribution in [1.29, 1.82) is 0 Å². The number of para-hydroxylation sites is 1. The molecule has 0 fully saturated rings. The molecule has 0 spiro atoms. The number of nitrogens with two attached hydrogens (primary N) is 1. The van der Waals surface area contributed by atoms with Crippen molar-refractivity contribution in [3.8, 4) is 0 Å². The molecule has 0 aliphatic carbocycles. The molecule has 0 unspecified atom stereocenters. The largest absolute Gasteiger partial charge is 0.366 e. The molecule has 3 rings (SSSR count). The number of primary amides is 1. The first-order valence-electron chi connectivity index (χ1n) is 6.83. The van der Waals surface area contributed by atoms with E-state index in [4.69, 9.17) is 5.73 Å². The Bertz CT molecular complexity index is 800. The predicted octanol–water partition coefficient (Wildman–Crippen LogP) is 3.19. The molecule has 3 heteroatoms. The molecule has 1 aromatic heterocycles. The highest BCUT2D eigenvalue weighted by molar-refractivity contribution is 5.95. The molecular formula is C18H16N2O. The molecule has 3 aromatic rings. The van der Waals surface area contributed by atoms with Gasteiger partial charge >= 0.3 is 0 Å². The zero-order valence-corrected chi connectivity index (χ0v) is 11.6. The molecular weight excluding hydrogens is 260 g/mol. The van der Waals surface area contributed by atoms with E-state index in [9.17, 15) is 4.79 Å². The van der Waals surface area contributed by atoms with Crippen LogP contribution in [-0.4, -0.2) is 10.5 Å². The van der Waals surface area contributed by atoms with E-state index >= 15 is 0 Å². The molecule has 0 radical (unpaired) electrons. The lowest BCUT2D eigenvalue weighted by molar-refractivity contribution is -0.113.